The summed E-state index contributed by atoms with van der Waals surface area (Å²) in [5.41, 5.74) is 1.04. The van der Waals surface area contributed by atoms with Gasteiger partial charge in [-0.2, -0.15) is 0 Å². The molecule has 0 bridgehead atoms. The van der Waals surface area contributed by atoms with E-state index in [9.17, 15) is 0 Å². The van der Waals surface area contributed by atoms with Gasteiger partial charge in [-0.1, -0.05) is 0 Å². The molecule has 0 atom stereocenters. The second-order valence-corrected chi connectivity index (χ2v) is 3.25. The van der Waals surface area contributed by atoms with Gasteiger partial charge >= 0.3 is 0 Å². The molecule has 0 aliphatic heterocycles. The highest BCUT2D eigenvalue weighted by Gasteiger charge is 1.98. The Labute approximate surface area is 78.1 Å². The summed E-state index contributed by atoms with van der Waals surface area (Å²) in [4.78, 5) is 1.21. The summed E-state index contributed by atoms with van der Waals surface area (Å²) in [6, 6.07) is 5.98. The van der Waals surface area contributed by atoms with Crippen LogP contribution < -0.4 is 4.74 Å². The van der Waals surface area contributed by atoms with Gasteiger partial charge in [0.2, 0.25) is 0 Å². The van der Waals surface area contributed by atoms with Gasteiger partial charge in [-0.15, -0.1) is 11.8 Å². The molecule has 0 N–H and O–H groups in total. The standard InChI is InChI=1S/C10H13OS/c1-4-11-9-5-6-10(12-3)8(2)7-9/h5-7H,2,4H2,1,3H3. The number of thioether (sulfide) groups is 1. The van der Waals surface area contributed by atoms with E-state index in [-0.39, 0.29) is 0 Å². The molecule has 2 heteroatoms. The number of benzene rings is 1. The van der Waals surface area contributed by atoms with Crippen LogP contribution in [0.25, 0.3) is 0 Å². The van der Waals surface area contributed by atoms with E-state index < -0.39 is 0 Å². The molecule has 0 aliphatic rings. The van der Waals surface area contributed by atoms with Crippen LogP contribution in [0, 0.1) is 6.92 Å². The van der Waals surface area contributed by atoms with Crippen molar-refractivity contribution in [3.63, 3.8) is 0 Å². The number of rotatable bonds is 3. The third-order valence-electron chi connectivity index (χ3n) is 1.56. The number of hydrogen-bond acceptors (Lipinski definition) is 2. The van der Waals surface area contributed by atoms with Crippen LogP contribution in [-0.4, -0.2) is 12.9 Å². The normalized spacial score (nSPS) is 9.92. The van der Waals surface area contributed by atoms with E-state index in [1.807, 2.05) is 31.4 Å². The van der Waals surface area contributed by atoms with Crippen molar-refractivity contribution in [2.24, 2.45) is 0 Å². The Morgan fingerprint density at radius 1 is 1.50 bits per heavy atom. The third kappa shape index (κ3) is 2.18. The van der Waals surface area contributed by atoms with Crippen LogP contribution in [0.4, 0.5) is 0 Å². The van der Waals surface area contributed by atoms with Crippen LogP contribution >= 0.6 is 11.8 Å². The average Bonchev–Trinajstić information content (AvgIpc) is 2.05. The van der Waals surface area contributed by atoms with Gasteiger partial charge in [0.15, 0.2) is 0 Å². The van der Waals surface area contributed by atoms with Gasteiger partial charge in [0.1, 0.15) is 5.75 Å². The fourth-order valence-electron chi connectivity index (χ4n) is 1.01. The molecule has 12 heavy (non-hydrogen) atoms. The molecular formula is C10H13OS. The van der Waals surface area contributed by atoms with Gasteiger partial charge in [-0.05, 0) is 43.9 Å². The van der Waals surface area contributed by atoms with Crippen LogP contribution in [0.2, 0.25) is 0 Å². The summed E-state index contributed by atoms with van der Waals surface area (Å²) >= 11 is 1.70. The van der Waals surface area contributed by atoms with Gasteiger partial charge in [0, 0.05) is 4.90 Å². The van der Waals surface area contributed by atoms with E-state index in [0.29, 0.717) is 6.61 Å². The Morgan fingerprint density at radius 3 is 2.75 bits per heavy atom. The van der Waals surface area contributed by atoms with Crippen molar-refractivity contribution in [2.45, 2.75) is 11.8 Å². The van der Waals surface area contributed by atoms with Crippen LogP contribution in [0.5, 0.6) is 5.75 Å². The monoisotopic (exact) mass is 181 g/mol. The van der Waals surface area contributed by atoms with Crippen molar-refractivity contribution in [1.29, 1.82) is 0 Å². The number of ether oxygens (including phenoxy) is 1. The highest BCUT2D eigenvalue weighted by Crippen LogP contribution is 2.23. The van der Waals surface area contributed by atoms with Crippen molar-refractivity contribution >= 4 is 11.8 Å². The summed E-state index contributed by atoms with van der Waals surface area (Å²) in [5.74, 6) is 0.903. The molecule has 0 amide bonds. The Hall–Kier alpha value is -0.630. The van der Waals surface area contributed by atoms with E-state index >= 15 is 0 Å². The lowest BCUT2D eigenvalue weighted by Gasteiger charge is -2.06. The predicted octanol–water partition coefficient (Wildman–Crippen LogP) is 2.99. The minimum absolute atomic E-state index is 0.706. The molecule has 65 valence electrons. The lowest BCUT2D eigenvalue weighted by molar-refractivity contribution is 0.340. The van der Waals surface area contributed by atoms with Crippen molar-refractivity contribution in [1.82, 2.24) is 0 Å². The minimum Gasteiger partial charge on any atom is -0.494 e. The quantitative estimate of drug-likeness (QED) is 0.663. The lowest BCUT2D eigenvalue weighted by atomic mass is 10.2. The minimum atomic E-state index is 0.706. The van der Waals surface area contributed by atoms with E-state index in [2.05, 4.69) is 6.92 Å². The van der Waals surface area contributed by atoms with E-state index in [0.717, 1.165) is 11.3 Å². The van der Waals surface area contributed by atoms with Crippen LogP contribution in [0.1, 0.15) is 12.5 Å². The maximum Gasteiger partial charge on any atom is 0.119 e. The van der Waals surface area contributed by atoms with Crippen LogP contribution in [0.15, 0.2) is 23.1 Å². The lowest BCUT2D eigenvalue weighted by Crippen LogP contribution is -1.91. The fourth-order valence-corrected chi connectivity index (χ4v) is 1.54. The molecular weight excluding hydrogens is 168 g/mol. The Bertz CT molecular complexity index is 258. The van der Waals surface area contributed by atoms with Gasteiger partial charge < -0.3 is 4.74 Å². The third-order valence-corrected chi connectivity index (χ3v) is 2.40. The van der Waals surface area contributed by atoms with E-state index in [1.54, 1.807) is 11.8 Å². The number of hydrogen-bond donors (Lipinski definition) is 0. The molecule has 1 nitrogen and oxygen atoms in total. The topological polar surface area (TPSA) is 9.23 Å². The molecule has 0 spiro atoms. The molecule has 1 aromatic carbocycles. The zero-order valence-electron chi connectivity index (χ0n) is 7.46. The van der Waals surface area contributed by atoms with Crippen molar-refractivity contribution < 1.29 is 4.74 Å². The molecule has 0 aromatic heterocycles. The molecule has 0 saturated heterocycles. The molecule has 0 unspecified atom stereocenters. The van der Waals surface area contributed by atoms with Crippen LogP contribution in [0.3, 0.4) is 0 Å². The first kappa shape index (κ1) is 9.46. The molecule has 1 rings (SSSR count). The van der Waals surface area contributed by atoms with Crippen LogP contribution in [-0.2, 0) is 0 Å². The van der Waals surface area contributed by atoms with Gasteiger partial charge in [0.05, 0.1) is 6.61 Å². The van der Waals surface area contributed by atoms with E-state index in [4.69, 9.17) is 4.74 Å². The molecule has 0 heterocycles. The summed E-state index contributed by atoms with van der Waals surface area (Å²) in [7, 11) is 0. The molecule has 0 aliphatic carbocycles. The zero-order chi connectivity index (χ0) is 8.97. The largest absolute Gasteiger partial charge is 0.494 e. The molecule has 0 saturated carbocycles. The maximum atomic E-state index is 5.34. The second kappa shape index (κ2) is 4.41. The SMILES string of the molecule is [CH2]c1cc(OCC)ccc1SC. The maximum absolute atomic E-state index is 5.34. The first-order chi connectivity index (χ1) is 5.77. The molecule has 0 fully saturated rings. The first-order valence-corrected chi connectivity index (χ1v) is 5.13. The second-order valence-electron chi connectivity index (χ2n) is 2.41. The van der Waals surface area contributed by atoms with Crippen molar-refractivity contribution in [3.05, 3.63) is 30.7 Å². The van der Waals surface area contributed by atoms with Crippen molar-refractivity contribution in [3.8, 4) is 5.75 Å². The average molecular weight is 181 g/mol. The van der Waals surface area contributed by atoms with Gasteiger partial charge in [-0.25, -0.2) is 0 Å². The molecule has 1 aromatic rings. The smallest absolute Gasteiger partial charge is 0.119 e. The Morgan fingerprint density at radius 2 is 2.25 bits per heavy atom. The highest BCUT2D eigenvalue weighted by atomic mass is 32.2. The summed E-state index contributed by atoms with van der Waals surface area (Å²) in [6.07, 6.45) is 2.05. The van der Waals surface area contributed by atoms with E-state index in [1.165, 1.54) is 4.90 Å². The molecule has 1 radical (unpaired) electrons. The summed E-state index contributed by atoms with van der Waals surface area (Å²) in [6.45, 7) is 6.62. The van der Waals surface area contributed by atoms with Gasteiger partial charge in [0.25, 0.3) is 0 Å². The highest BCUT2D eigenvalue weighted by molar-refractivity contribution is 7.98. The Kier molecular flexibility index (Phi) is 3.48. The predicted molar refractivity (Wildman–Crippen MR) is 53.9 cm³/mol. The fraction of sp³-hybridized carbons (Fsp3) is 0.300. The Balaban J connectivity index is 2.86. The van der Waals surface area contributed by atoms with Crippen molar-refractivity contribution in [2.75, 3.05) is 12.9 Å². The first-order valence-electron chi connectivity index (χ1n) is 3.90. The van der Waals surface area contributed by atoms with Gasteiger partial charge in [-0.3, -0.25) is 0 Å². The summed E-state index contributed by atoms with van der Waals surface area (Å²) in [5, 5.41) is 0. The summed E-state index contributed by atoms with van der Waals surface area (Å²) < 4.78 is 5.34. The zero-order valence-corrected chi connectivity index (χ0v) is 8.28.